The van der Waals surface area contributed by atoms with Gasteiger partial charge >= 0.3 is 0 Å². The highest BCUT2D eigenvalue weighted by Crippen LogP contribution is 2.40. The Hall–Kier alpha value is -1.19. The lowest BCUT2D eigenvalue weighted by molar-refractivity contribution is 0.459. The Labute approximate surface area is 112 Å². The minimum atomic E-state index is -0.164. The van der Waals surface area contributed by atoms with E-state index < -0.39 is 0 Å². The number of nitrogens with zero attached hydrogens (tertiary/aromatic N) is 1. The van der Waals surface area contributed by atoms with Crippen molar-refractivity contribution in [2.75, 3.05) is 0 Å². The van der Waals surface area contributed by atoms with Crippen LogP contribution in [0.4, 0.5) is 0 Å². The number of hydrogen-bond acceptors (Lipinski definition) is 3. The fourth-order valence-corrected chi connectivity index (χ4v) is 3.79. The lowest BCUT2D eigenvalue weighted by atomic mass is 10.0. The van der Waals surface area contributed by atoms with Gasteiger partial charge < -0.3 is 5.73 Å². The minimum absolute atomic E-state index is 0.164. The molecule has 0 amide bonds. The molecule has 0 spiro atoms. The van der Waals surface area contributed by atoms with E-state index in [1.165, 1.54) is 23.3 Å². The highest BCUT2D eigenvalue weighted by Gasteiger charge is 2.34. The van der Waals surface area contributed by atoms with Crippen molar-refractivity contribution in [1.29, 1.82) is 0 Å². The first kappa shape index (κ1) is 11.9. The minimum Gasteiger partial charge on any atom is -0.319 e. The molecule has 1 heterocycles. The number of nitrogens with two attached hydrogens (primary N) is 1. The molecule has 1 aromatic carbocycles. The molecule has 0 radical (unpaired) electrons. The summed E-state index contributed by atoms with van der Waals surface area (Å²) in [6, 6.07) is 10.4. The molecule has 1 saturated carbocycles. The van der Waals surface area contributed by atoms with E-state index >= 15 is 0 Å². The van der Waals surface area contributed by atoms with E-state index in [0.717, 1.165) is 23.5 Å². The molecule has 3 rings (SSSR count). The van der Waals surface area contributed by atoms with Crippen molar-refractivity contribution in [3.8, 4) is 11.3 Å². The van der Waals surface area contributed by atoms with E-state index in [1.54, 1.807) is 11.3 Å². The van der Waals surface area contributed by atoms with E-state index in [-0.39, 0.29) is 5.54 Å². The van der Waals surface area contributed by atoms with Crippen molar-refractivity contribution < 1.29 is 0 Å². The van der Waals surface area contributed by atoms with E-state index in [2.05, 4.69) is 31.2 Å². The lowest BCUT2D eigenvalue weighted by Gasteiger charge is -2.19. The van der Waals surface area contributed by atoms with Crippen molar-refractivity contribution in [1.82, 2.24) is 4.98 Å². The van der Waals surface area contributed by atoms with Crippen LogP contribution in [-0.2, 0) is 5.54 Å². The van der Waals surface area contributed by atoms with Crippen LogP contribution in [0, 0.1) is 6.92 Å². The molecule has 0 saturated heterocycles. The van der Waals surface area contributed by atoms with Crippen LogP contribution in [0.15, 0.2) is 30.3 Å². The number of hydrogen-bond donors (Lipinski definition) is 1. The summed E-state index contributed by atoms with van der Waals surface area (Å²) in [4.78, 5) is 6.10. The van der Waals surface area contributed by atoms with Gasteiger partial charge in [0.1, 0.15) is 5.01 Å². The fraction of sp³-hybridized carbons (Fsp3) is 0.400. The predicted molar refractivity (Wildman–Crippen MR) is 76.6 cm³/mol. The van der Waals surface area contributed by atoms with E-state index in [1.807, 2.05) is 6.07 Å². The second-order valence-corrected chi connectivity index (χ2v) is 6.36. The number of rotatable bonds is 2. The van der Waals surface area contributed by atoms with E-state index in [9.17, 15) is 0 Å². The van der Waals surface area contributed by atoms with Gasteiger partial charge in [0, 0.05) is 10.4 Å². The summed E-state index contributed by atoms with van der Waals surface area (Å²) in [5.74, 6) is 0. The topological polar surface area (TPSA) is 38.9 Å². The molecule has 2 N–H and O–H groups in total. The average molecular weight is 258 g/mol. The van der Waals surface area contributed by atoms with Crippen LogP contribution in [0.1, 0.15) is 35.6 Å². The third kappa shape index (κ3) is 1.98. The van der Waals surface area contributed by atoms with Gasteiger partial charge in [0.25, 0.3) is 0 Å². The molecule has 2 aromatic rings. The highest BCUT2D eigenvalue weighted by atomic mass is 32.1. The highest BCUT2D eigenvalue weighted by molar-refractivity contribution is 7.12. The maximum Gasteiger partial charge on any atom is 0.113 e. The van der Waals surface area contributed by atoms with Crippen LogP contribution >= 0.6 is 11.3 Å². The van der Waals surface area contributed by atoms with Crippen LogP contribution in [0.25, 0.3) is 11.3 Å². The Bertz CT molecular complexity index is 539. The Balaban J connectivity index is 2.01. The second kappa shape index (κ2) is 4.48. The summed E-state index contributed by atoms with van der Waals surface area (Å²) in [6.07, 6.45) is 4.62. The molecule has 1 fully saturated rings. The molecule has 1 aliphatic rings. The van der Waals surface area contributed by atoms with Gasteiger partial charge in [-0.25, -0.2) is 4.98 Å². The zero-order chi connectivity index (χ0) is 12.6. The number of benzene rings is 1. The average Bonchev–Trinajstić information content (AvgIpc) is 2.98. The van der Waals surface area contributed by atoms with Crippen LogP contribution in [0.2, 0.25) is 0 Å². The molecule has 0 bridgehead atoms. The lowest BCUT2D eigenvalue weighted by Crippen LogP contribution is -2.32. The van der Waals surface area contributed by atoms with Crippen molar-refractivity contribution in [2.24, 2.45) is 5.73 Å². The van der Waals surface area contributed by atoms with Crippen molar-refractivity contribution in [3.05, 3.63) is 40.2 Å². The maximum atomic E-state index is 6.49. The molecule has 1 aromatic heterocycles. The van der Waals surface area contributed by atoms with Crippen molar-refractivity contribution in [2.45, 2.75) is 38.1 Å². The number of aryl methyl sites for hydroxylation is 1. The quantitative estimate of drug-likeness (QED) is 0.888. The summed E-state index contributed by atoms with van der Waals surface area (Å²) >= 11 is 1.77. The summed E-state index contributed by atoms with van der Waals surface area (Å²) < 4.78 is 0. The molecule has 18 heavy (non-hydrogen) atoms. The van der Waals surface area contributed by atoms with E-state index in [4.69, 9.17) is 10.7 Å². The molecule has 0 aliphatic heterocycles. The van der Waals surface area contributed by atoms with Crippen LogP contribution in [0.5, 0.6) is 0 Å². The summed E-state index contributed by atoms with van der Waals surface area (Å²) in [5.41, 5.74) is 8.62. The third-order valence-corrected chi connectivity index (χ3v) is 4.96. The molecular formula is C15H18N2S. The van der Waals surface area contributed by atoms with Gasteiger partial charge in [0.05, 0.1) is 11.2 Å². The Morgan fingerprint density at radius 2 is 1.83 bits per heavy atom. The summed E-state index contributed by atoms with van der Waals surface area (Å²) in [5, 5.41) is 1.12. The van der Waals surface area contributed by atoms with Crippen LogP contribution in [-0.4, -0.2) is 4.98 Å². The first-order valence-corrected chi connectivity index (χ1v) is 7.33. The Morgan fingerprint density at radius 3 is 2.50 bits per heavy atom. The largest absolute Gasteiger partial charge is 0.319 e. The standard InChI is InChI=1S/C15H18N2S/c1-11-13(12-7-3-2-4-8-12)17-14(18-11)15(16)9-5-6-10-15/h2-4,7-8H,5-6,9-10,16H2,1H3. The predicted octanol–water partition coefficient (Wildman–Crippen LogP) is 3.85. The zero-order valence-electron chi connectivity index (χ0n) is 10.6. The second-order valence-electron chi connectivity index (χ2n) is 5.15. The Morgan fingerprint density at radius 1 is 1.17 bits per heavy atom. The maximum absolute atomic E-state index is 6.49. The van der Waals surface area contributed by atoms with Gasteiger partial charge in [-0.2, -0.15) is 0 Å². The van der Waals surface area contributed by atoms with Crippen molar-refractivity contribution >= 4 is 11.3 Å². The van der Waals surface area contributed by atoms with Gasteiger partial charge in [-0.1, -0.05) is 43.2 Å². The third-order valence-electron chi connectivity index (χ3n) is 3.77. The van der Waals surface area contributed by atoms with Gasteiger partial charge in [0.15, 0.2) is 0 Å². The molecule has 94 valence electrons. The van der Waals surface area contributed by atoms with Gasteiger partial charge in [0.2, 0.25) is 0 Å². The van der Waals surface area contributed by atoms with Gasteiger partial charge in [-0.3, -0.25) is 0 Å². The summed E-state index contributed by atoms with van der Waals surface area (Å²) in [6.45, 7) is 2.14. The monoisotopic (exact) mass is 258 g/mol. The molecule has 0 unspecified atom stereocenters. The van der Waals surface area contributed by atoms with Gasteiger partial charge in [-0.05, 0) is 19.8 Å². The van der Waals surface area contributed by atoms with Crippen LogP contribution < -0.4 is 5.73 Å². The van der Waals surface area contributed by atoms with Crippen molar-refractivity contribution in [3.63, 3.8) is 0 Å². The first-order chi connectivity index (χ1) is 8.69. The number of aromatic nitrogens is 1. The van der Waals surface area contributed by atoms with Gasteiger partial charge in [-0.15, -0.1) is 11.3 Å². The number of thiazole rings is 1. The zero-order valence-corrected chi connectivity index (χ0v) is 11.5. The molecular weight excluding hydrogens is 240 g/mol. The normalized spacial score (nSPS) is 18.1. The summed E-state index contributed by atoms with van der Waals surface area (Å²) in [7, 11) is 0. The van der Waals surface area contributed by atoms with E-state index in [0.29, 0.717) is 0 Å². The van der Waals surface area contributed by atoms with Crippen LogP contribution in [0.3, 0.4) is 0 Å². The smallest absolute Gasteiger partial charge is 0.113 e. The Kier molecular flexibility index (Phi) is 2.96. The first-order valence-electron chi connectivity index (χ1n) is 6.51. The molecule has 3 heteroatoms. The molecule has 2 nitrogen and oxygen atoms in total. The SMILES string of the molecule is Cc1sc(C2(N)CCCC2)nc1-c1ccccc1. The fourth-order valence-electron chi connectivity index (χ4n) is 2.69. The molecule has 1 aliphatic carbocycles. The molecule has 0 atom stereocenters.